The maximum absolute atomic E-state index is 13.4. The molecule has 2 aromatic rings. The lowest BCUT2D eigenvalue weighted by Gasteiger charge is -2.37. The van der Waals surface area contributed by atoms with E-state index in [-0.39, 0.29) is 25.1 Å². The second kappa shape index (κ2) is 12.9. The molecule has 0 saturated heterocycles. The molecule has 176 valence electrons. The van der Waals surface area contributed by atoms with Crippen LogP contribution in [0.5, 0.6) is 5.75 Å². The average molecular weight is 463 g/mol. The third kappa shape index (κ3) is 7.02. The summed E-state index contributed by atoms with van der Waals surface area (Å²) in [4.78, 5) is 18.7. The summed E-state index contributed by atoms with van der Waals surface area (Å²) < 4.78 is 16.3. The summed E-state index contributed by atoms with van der Waals surface area (Å²) in [6, 6.07) is 11.7. The normalized spacial score (nSPS) is 16.8. The van der Waals surface area contributed by atoms with E-state index in [1.54, 1.807) is 25.6 Å². The van der Waals surface area contributed by atoms with Gasteiger partial charge in [0.25, 0.3) is 0 Å². The minimum absolute atomic E-state index is 0.0468. The summed E-state index contributed by atoms with van der Waals surface area (Å²) in [6.07, 6.45) is 1.01. The highest BCUT2D eigenvalue weighted by Crippen LogP contribution is 2.34. The number of rotatable bonds is 13. The van der Waals surface area contributed by atoms with Crippen LogP contribution in [0.4, 0.5) is 0 Å². The Kier molecular flexibility index (Phi) is 9.95. The van der Waals surface area contributed by atoms with Crippen molar-refractivity contribution in [2.75, 3.05) is 60.2 Å². The van der Waals surface area contributed by atoms with Gasteiger partial charge in [-0.3, -0.25) is 9.69 Å². The van der Waals surface area contributed by atoms with Crippen molar-refractivity contribution in [2.45, 2.75) is 25.0 Å². The summed E-state index contributed by atoms with van der Waals surface area (Å²) >= 11 is 1.74. The Labute approximate surface area is 194 Å². The molecule has 0 radical (unpaired) electrons. The SMILES string of the molecule is COCCCN(CC(=O)N1CCc2sccc2[C@H]1COc1ccccc1)C[C@H](O)COC. The Morgan fingerprint density at radius 3 is 2.81 bits per heavy atom. The molecule has 8 heteroatoms. The Balaban J connectivity index is 1.69. The fourth-order valence-corrected chi connectivity index (χ4v) is 4.99. The molecule has 1 amide bonds. The molecule has 7 nitrogen and oxygen atoms in total. The smallest absolute Gasteiger partial charge is 0.237 e. The molecule has 1 aliphatic rings. The van der Waals surface area contributed by atoms with Crippen LogP contribution in [0.1, 0.15) is 22.9 Å². The van der Waals surface area contributed by atoms with Crippen LogP contribution in [-0.4, -0.2) is 87.1 Å². The van der Waals surface area contributed by atoms with Crippen molar-refractivity contribution in [3.8, 4) is 5.75 Å². The van der Waals surface area contributed by atoms with Crippen LogP contribution in [0.3, 0.4) is 0 Å². The number of amides is 1. The van der Waals surface area contributed by atoms with Gasteiger partial charge in [0, 0.05) is 45.3 Å². The molecule has 1 N–H and O–H groups in total. The highest BCUT2D eigenvalue weighted by atomic mass is 32.1. The zero-order valence-electron chi connectivity index (χ0n) is 18.9. The third-order valence-corrected chi connectivity index (χ3v) is 6.57. The van der Waals surface area contributed by atoms with Crippen molar-refractivity contribution in [1.82, 2.24) is 9.80 Å². The van der Waals surface area contributed by atoms with Gasteiger partial charge in [-0.15, -0.1) is 11.3 Å². The molecule has 0 aliphatic carbocycles. The van der Waals surface area contributed by atoms with Crippen LogP contribution in [0.15, 0.2) is 41.8 Å². The van der Waals surface area contributed by atoms with E-state index in [0.29, 0.717) is 32.8 Å². The van der Waals surface area contributed by atoms with Gasteiger partial charge in [-0.05, 0) is 42.0 Å². The van der Waals surface area contributed by atoms with Crippen molar-refractivity contribution in [2.24, 2.45) is 0 Å². The zero-order chi connectivity index (χ0) is 22.8. The number of aliphatic hydroxyl groups excluding tert-OH is 1. The van der Waals surface area contributed by atoms with Gasteiger partial charge in [0.05, 0.1) is 25.3 Å². The predicted octanol–water partition coefficient (Wildman–Crippen LogP) is 2.60. The fourth-order valence-electron chi connectivity index (χ4n) is 4.06. The second-order valence-corrected chi connectivity index (χ2v) is 8.97. The van der Waals surface area contributed by atoms with Crippen LogP contribution in [0.25, 0.3) is 0 Å². The first-order valence-corrected chi connectivity index (χ1v) is 11.9. The standard InChI is InChI=1S/C24H34N2O5S/c1-29-13-6-11-25(15-19(27)17-30-2)16-24(28)26-12-9-23-21(10-14-32-23)22(26)18-31-20-7-4-3-5-8-20/h3-5,7-8,10,14,19,22,27H,6,9,11-13,15-18H2,1-2H3/t19-,22+/m0/s1. The summed E-state index contributed by atoms with van der Waals surface area (Å²) in [7, 11) is 3.23. The molecule has 2 atom stereocenters. The molecule has 0 unspecified atom stereocenters. The first-order valence-electron chi connectivity index (χ1n) is 11.0. The quantitative estimate of drug-likeness (QED) is 0.462. The van der Waals surface area contributed by atoms with Crippen molar-refractivity contribution < 1.29 is 24.1 Å². The number of nitrogens with zero attached hydrogens (tertiary/aromatic N) is 2. The van der Waals surface area contributed by atoms with E-state index in [9.17, 15) is 9.90 Å². The lowest BCUT2D eigenvalue weighted by molar-refractivity contribution is -0.136. The zero-order valence-corrected chi connectivity index (χ0v) is 19.8. The third-order valence-electron chi connectivity index (χ3n) is 5.58. The molecule has 0 bridgehead atoms. The van der Waals surface area contributed by atoms with E-state index < -0.39 is 6.10 Å². The number of hydrogen-bond acceptors (Lipinski definition) is 7. The Hall–Kier alpha value is -1.97. The predicted molar refractivity (Wildman–Crippen MR) is 125 cm³/mol. The summed E-state index contributed by atoms with van der Waals surface area (Å²) in [5.41, 5.74) is 1.18. The first-order chi connectivity index (χ1) is 15.6. The Morgan fingerprint density at radius 2 is 2.06 bits per heavy atom. The number of carbonyl (C=O) groups is 1. The van der Waals surface area contributed by atoms with Crippen LogP contribution >= 0.6 is 11.3 Å². The highest BCUT2D eigenvalue weighted by Gasteiger charge is 2.33. The van der Waals surface area contributed by atoms with E-state index >= 15 is 0 Å². The van der Waals surface area contributed by atoms with E-state index in [1.807, 2.05) is 40.1 Å². The Morgan fingerprint density at radius 1 is 1.25 bits per heavy atom. The first kappa shape index (κ1) is 24.7. The minimum Gasteiger partial charge on any atom is -0.491 e. The van der Waals surface area contributed by atoms with Gasteiger partial charge in [0.15, 0.2) is 0 Å². The molecule has 1 aliphatic heterocycles. The molecular formula is C24H34N2O5S. The van der Waals surface area contributed by atoms with Gasteiger partial charge in [0.1, 0.15) is 12.4 Å². The fraction of sp³-hybridized carbons (Fsp3) is 0.542. The van der Waals surface area contributed by atoms with Crippen LogP contribution in [0, 0.1) is 0 Å². The minimum atomic E-state index is -0.641. The lowest BCUT2D eigenvalue weighted by atomic mass is 10.0. The number of para-hydroxylation sites is 1. The van der Waals surface area contributed by atoms with Crippen molar-refractivity contribution >= 4 is 17.2 Å². The Bertz CT molecular complexity index is 816. The van der Waals surface area contributed by atoms with Crippen molar-refractivity contribution in [3.05, 3.63) is 52.2 Å². The molecule has 3 rings (SSSR count). The maximum Gasteiger partial charge on any atom is 0.237 e. The second-order valence-electron chi connectivity index (χ2n) is 7.97. The van der Waals surface area contributed by atoms with Gasteiger partial charge >= 0.3 is 0 Å². The summed E-state index contributed by atoms with van der Waals surface area (Å²) in [5, 5.41) is 12.3. The highest BCUT2D eigenvalue weighted by molar-refractivity contribution is 7.10. The molecule has 0 spiro atoms. The van der Waals surface area contributed by atoms with E-state index in [4.69, 9.17) is 14.2 Å². The molecular weight excluding hydrogens is 428 g/mol. The van der Waals surface area contributed by atoms with Gasteiger partial charge in [0.2, 0.25) is 5.91 Å². The maximum atomic E-state index is 13.4. The summed E-state index contributed by atoms with van der Waals surface area (Å²) in [6.45, 7) is 3.23. The molecule has 1 aromatic carbocycles. The number of hydrogen-bond donors (Lipinski definition) is 1. The number of fused-ring (bicyclic) bond motifs is 1. The van der Waals surface area contributed by atoms with Crippen molar-refractivity contribution in [1.29, 1.82) is 0 Å². The van der Waals surface area contributed by atoms with Gasteiger partial charge < -0.3 is 24.2 Å². The molecule has 32 heavy (non-hydrogen) atoms. The van der Waals surface area contributed by atoms with Crippen LogP contribution < -0.4 is 4.74 Å². The van der Waals surface area contributed by atoms with E-state index in [2.05, 4.69) is 11.4 Å². The average Bonchev–Trinajstić information content (AvgIpc) is 3.27. The van der Waals surface area contributed by atoms with Gasteiger partial charge in [-0.25, -0.2) is 0 Å². The van der Waals surface area contributed by atoms with Gasteiger partial charge in [-0.1, -0.05) is 18.2 Å². The monoisotopic (exact) mass is 462 g/mol. The largest absolute Gasteiger partial charge is 0.491 e. The molecule has 2 heterocycles. The summed E-state index contributed by atoms with van der Waals surface area (Å²) in [5.74, 6) is 0.844. The lowest BCUT2D eigenvalue weighted by Crippen LogP contribution is -2.48. The topological polar surface area (TPSA) is 71.5 Å². The molecule has 1 aromatic heterocycles. The van der Waals surface area contributed by atoms with Crippen LogP contribution in [-0.2, 0) is 20.7 Å². The number of benzene rings is 1. The number of carbonyl (C=O) groups excluding carboxylic acids is 1. The van der Waals surface area contributed by atoms with E-state index in [1.165, 1.54) is 10.4 Å². The van der Waals surface area contributed by atoms with Crippen molar-refractivity contribution in [3.63, 3.8) is 0 Å². The van der Waals surface area contributed by atoms with Gasteiger partial charge in [-0.2, -0.15) is 0 Å². The molecule has 0 fully saturated rings. The number of methoxy groups -OCH3 is 2. The molecule has 0 saturated carbocycles. The number of thiophene rings is 1. The number of aliphatic hydroxyl groups is 1. The van der Waals surface area contributed by atoms with Crippen LogP contribution in [0.2, 0.25) is 0 Å². The van der Waals surface area contributed by atoms with E-state index in [0.717, 1.165) is 18.6 Å². The number of ether oxygens (including phenoxy) is 3.